The molecule has 0 aromatic carbocycles. The Labute approximate surface area is 129 Å². The van der Waals surface area contributed by atoms with E-state index in [1.165, 1.54) is 19.3 Å². The van der Waals surface area contributed by atoms with Crippen LogP contribution in [0.4, 0.5) is 0 Å². The third-order valence-electron chi connectivity index (χ3n) is 4.23. The van der Waals surface area contributed by atoms with Gasteiger partial charge >= 0.3 is 0 Å². The van der Waals surface area contributed by atoms with Crippen molar-refractivity contribution in [2.75, 3.05) is 13.2 Å². The van der Waals surface area contributed by atoms with Gasteiger partial charge in [-0.3, -0.25) is 4.90 Å². The molecule has 2 aromatic rings. The zero-order valence-electron chi connectivity index (χ0n) is 12.4. The highest BCUT2D eigenvalue weighted by Crippen LogP contribution is 2.27. The Bertz CT molecular complexity index is 563. The smallest absolute Gasteiger partial charge is 0.227 e. The molecule has 0 aliphatic carbocycles. The summed E-state index contributed by atoms with van der Waals surface area (Å²) in [7, 11) is 0. The minimum Gasteiger partial charge on any atom is -0.441 e. The van der Waals surface area contributed by atoms with Gasteiger partial charge in [-0.1, -0.05) is 6.42 Å². The molecule has 114 valence electrons. The Balaban J connectivity index is 1.74. The molecule has 1 aliphatic rings. The highest BCUT2D eigenvalue weighted by molar-refractivity contribution is 7.08. The number of aryl methyl sites for hydroxylation is 1. The van der Waals surface area contributed by atoms with Crippen LogP contribution in [-0.2, 0) is 6.54 Å². The van der Waals surface area contributed by atoms with E-state index in [2.05, 4.69) is 15.3 Å². The number of piperidine rings is 1. The second-order valence-electron chi connectivity index (χ2n) is 5.67. The Kier molecular flexibility index (Phi) is 4.73. The Morgan fingerprint density at radius 2 is 2.38 bits per heavy atom. The summed E-state index contributed by atoms with van der Waals surface area (Å²) in [6.07, 6.45) is 4.53. The number of thiophene rings is 1. The number of hydrogen-bond donors (Lipinski definition) is 1. The number of hydrogen-bond acceptors (Lipinski definition) is 5. The van der Waals surface area contributed by atoms with Crippen LogP contribution in [0.2, 0.25) is 0 Å². The van der Waals surface area contributed by atoms with Gasteiger partial charge in [0, 0.05) is 30.1 Å². The van der Waals surface area contributed by atoms with E-state index < -0.39 is 0 Å². The third kappa shape index (κ3) is 3.36. The van der Waals surface area contributed by atoms with E-state index in [0.29, 0.717) is 6.04 Å². The lowest BCUT2D eigenvalue weighted by Gasteiger charge is -2.35. The van der Waals surface area contributed by atoms with Gasteiger partial charge in [0.1, 0.15) is 5.76 Å². The molecule has 0 radical (unpaired) electrons. The van der Waals surface area contributed by atoms with E-state index in [4.69, 9.17) is 4.42 Å². The van der Waals surface area contributed by atoms with Gasteiger partial charge in [-0.05, 0) is 44.2 Å². The van der Waals surface area contributed by atoms with Crippen LogP contribution in [0.3, 0.4) is 0 Å². The number of aliphatic hydroxyl groups excluding tert-OH is 1. The van der Waals surface area contributed by atoms with E-state index in [9.17, 15) is 5.11 Å². The predicted molar refractivity (Wildman–Crippen MR) is 84.3 cm³/mol. The zero-order chi connectivity index (χ0) is 14.7. The summed E-state index contributed by atoms with van der Waals surface area (Å²) in [6, 6.07) is 2.51. The fourth-order valence-corrected chi connectivity index (χ4v) is 3.65. The average molecular weight is 306 g/mol. The second kappa shape index (κ2) is 6.73. The van der Waals surface area contributed by atoms with Crippen LogP contribution in [0.1, 0.15) is 37.1 Å². The molecule has 21 heavy (non-hydrogen) atoms. The molecule has 4 nitrogen and oxygen atoms in total. The molecule has 1 fully saturated rings. The number of likely N-dealkylation sites (tertiary alicyclic amines) is 1. The molecule has 0 unspecified atom stereocenters. The van der Waals surface area contributed by atoms with Crippen LogP contribution in [0, 0.1) is 6.92 Å². The maximum atomic E-state index is 9.23. The third-order valence-corrected chi connectivity index (χ3v) is 4.91. The van der Waals surface area contributed by atoms with E-state index in [1.807, 2.05) is 18.4 Å². The van der Waals surface area contributed by atoms with Crippen LogP contribution in [0.5, 0.6) is 0 Å². The Morgan fingerprint density at radius 1 is 1.48 bits per heavy atom. The molecule has 1 saturated heterocycles. The molecular formula is C16H22N2O2S. The summed E-state index contributed by atoms with van der Waals surface area (Å²) < 4.78 is 5.82. The zero-order valence-corrected chi connectivity index (χ0v) is 13.2. The number of nitrogens with zero attached hydrogens (tertiary/aromatic N) is 2. The van der Waals surface area contributed by atoms with Crippen LogP contribution >= 0.6 is 11.3 Å². The van der Waals surface area contributed by atoms with Gasteiger partial charge in [-0.25, -0.2) is 4.98 Å². The highest BCUT2D eigenvalue weighted by atomic mass is 32.1. The van der Waals surface area contributed by atoms with Gasteiger partial charge in [0.25, 0.3) is 0 Å². The molecule has 1 aliphatic heterocycles. The first kappa shape index (κ1) is 14.8. The minimum absolute atomic E-state index is 0.263. The van der Waals surface area contributed by atoms with Crippen molar-refractivity contribution in [1.29, 1.82) is 0 Å². The van der Waals surface area contributed by atoms with Gasteiger partial charge in [0.2, 0.25) is 5.89 Å². The van der Waals surface area contributed by atoms with Crippen LogP contribution < -0.4 is 0 Å². The Hall–Kier alpha value is -1.17. The van der Waals surface area contributed by atoms with Crippen molar-refractivity contribution >= 4 is 11.3 Å². The van der Waals surface area contributed by atoms with Crippen LogP contribution in [-0.4, -0.2) is 34.2 Å². The largest absolute Gasteiger partial charge is 0.441 e. The van der Waals surface area contributed by atoms with Crippen molar-refractivity contribution in [3.63, 3.8) is 0 Å². The van der Waals surface area contributed by atoms with Gasteiger partial charge in [-0.15, -0.1) is 0 Å². The number of aromatic nitrogens is 1. The van der Waals surface area contributed by atoms with Gasteiger partial charge in [0.15, 0.2) is 0 Å². The van der Waals surface area contributed by atoms with Crippen molar-refractivity contribution in [2.24, 2.45) is 0 Å². The van der Waals surface area contributed by atoms with Gasteiger partial charge in [0.05, 0.1) is 5.69 Å². The van der Waals surface area contributed by atoms with Crippen molar-refractivity contribution in [1.82, 2.24) is 9.88 Å². The molecule has 1 N–H and O–H groups in total. The highest BCUT2D eigenvalue weighted by Gasteiger charge is 2.24. The first-order valence-electron chi connectivity index (χ1n) is 7.61. The lowest BCUT2D eigenvalue weighted by molar-refractivity contribution is 0.111. The lowest BCUT2D eigenvalue weighted by Crippen LogP contribution is -2.39. The normalized spacial score (nSPS) is 20.0. The van der Waals surface area contributed by atoms with E-state index in [-0.39, 0.29) is 6.61 Å². The van der Waals surface area contributed by atoms with Crippen LogP contribution in [0.15, 0.2) is 21.2 Å². The molecule has 0 spiro atoms. The first-order chi connectivity index (χ1) is 10.3. The molecule has 3 heterocycles. The topological polar surface area (TPSA) is 49.5 Å². The SMILES string of the molecule is Cc1oc(-c2ccsc2)nc1CN1CCCC[C@@H]1CCO. The van der Waals surface area contributed by atoms with Crippen molar-refractivity contribution in [3.8, 4) is 11.5 Å². The van der Waals surface area contributed by atoms with Gasteiger partial charge in [-0.2, -0.15) is 11.3 Å². The van der Waals surface area contributed by atoms with Crippen molar-refractivity contribution in [2.45, 2.75) is 45.2 Å². The summed E-state index contributed by atoms with van der Waals surface area (Å²) in [6.45, 7) is 4.16. The number of aliphatic hydroxyl groups is 1. The molecule has 2 aromatic heterocycles. The van der Waals surface area contributed by atoms with Gasteiger partial charge < -0.3 is 9.52 Å². The fraction of sp³-hybridized carbons (Fsp3) is 0.562. The summed E-state index contributed by atoms with van der Waals surface area (Å²) in [5.74, 6) is 1.63. The molecule has 0 amide bonds. The summed E-state index contributed by atoms with van der Waals surface area (Å²) in [4.78, 5) is 7.12. The van der Waals surface area contributed by atoms with Crippen molar-refractivity contribution in [3.05, 3.63) is 28.3 Å². The average Bonchev–Trinajstić information content (AvgIpc) is 3.12. The monoisotopic (exact) mass is 306 g/mol. The molecule has 5 heteroatoms. The lowest BCUT2D eigenvalue weighted by atomic mass is 9.99. The first-order valence-corrected chi connectivity index (χ1v) is 8.56. The molecule has 3 rings (SSSR count). The van der Waals surface area contributed by atoms with E-state index >= 15 is 0 Å². The van der Waals surface area contributed by atoms with E-state index in [0.717, 1.165) is 42.4 Å². The molecule has 0 saturated carbocycles. The quantitative estimate of drug-likeness (QED) is 0.919. The van der Waals surface area contributed by atoms with Crippen LogP contribution in [0.25, 0.3) is 11.5 Å². The Morgan fingerprint density at radius 3 is 3.14 bits per heavy atom. The van der Waals surface area contributed by atoms with E-state index in [1.54, 1.807) is 11.3 Å². The maximum Gasteiger partial charge on any atom is 0.227 e. The molecule has 1 atom stereocenters. The second-order valence-corrected chi connectivity index (χ2v) is 6.45. The standard InChI is InChI=1S/C16H22N2O2S/c1-12-15(17-16(20-12)13-6-9-21-11-13)10-18-7-3-2-4-14(18)5-8-19/h6,9,11,14,19H,2-5,7-8,10H2,1H3/t14-/m1/s1. The number of oxazole rings is 1. The number of rotatable bonds is 5. The molecule has 0 bridgehead atoms. The summed E-state index contributed by atoms with van der Waals surface area (Å²) in [5, 5.41) is 13.3. The summed E-state index contributed by atoms with van der Waals surface area (Å²) in [5.41, 5.74) is 2.08. The fourth-order valence-electron chi connectivity index (χ4n) is 3.02. The van der Waals surface area contributed by atoms with Crippen molar-refractivity contribution < 1.29 is 9.52 Å². The predicted octanol–water partition coefficient (Wildman–Crippen LogP) is 3.45. The summed E-state index contributed by atoms with van der Waals surface area (Å²) >= 11 is 1.65. The molecular weight excluding hydrogens is 284 g/mol. The minimum atomic E-state index is 0.263. The maximum absolute atomic E-state index is 9.23.